The number of aromatic nitrogens is 4. The van der Waals surface area contributed by atoms with E-state index in [0.717, 1.165) is 25.6 Å². The van der Waals surface area contributed by atoms with Crippen LogP contribution in [0.1, 0.15) is 78.7 Å². The number of piperidine rings is 1. The highest BCUT2D eigenvalue weighted by Gasteiger charge is 2.39. The smallest absolute Gasteiger partial charge is 0.405 e. The van der Waals surface area contributed by atoms with Gasteiger partial charge in [0.1, 0.15) is 30.3 Å². The van der Waals surface area contributed by atoms with Crippen LogP contribution in [-0.2, 0) is 14.4 Å². The van der Waals surface area contributed by atoms with Crippen molar-refractivity contribution in [1.29, 1.82) is 0 Å². The molecular weight excluding hydrogens is 846 g/mol. The van der Waals surface area contributed by atoms with Gasteiger partial charge in [-0.2, -0.15) is 18.3 Å². The predicted molar refractivity (Wildman–Crippen MR) is 211 cm³/mol. The monoisotopic (exact) mass is 888 g/mol. The normalized spacial score (nSPS) is 21.4. The Balaban J connectivity index is 0.780. The summed E-state index contributed by atoms with van der Waals surface area (Å²) in [6.45, 7) is 2.53. The molecule has 0 unspecified atom stereocenters. The van der Waals surface area contributed by atoms with Crippen molar-refractivity contribution < 1.29 is 54.3 Å². The van der Waals surface area contributed by atoms with Gasteiger partial charge in [0.05, 0.1) is 23.6 Å². The minimum Gasteiger partial charge on any atom is -0.444 e. The number of pyridine rings is 1. The number of hydrogen-bond donors (Lipinski definition) is 3. The second-order valence-corrected chi connectivity index (χ2v) is 16.3. The molecule has 4 aromatic rings. The summed E-state index contributed by atoms with van der Waals surface area (Å²) in [6, 6.07) is 4.83. The second-order valence-electron chi connectivity index (χ2n) is 16.3. The quantitative estimate of drug-likeness (QED) is 0.114. The number of nitrogens with one attached hydrogen (secondary N) is 3. The summed E-state index contributed by atoms with van der Waals surface area (Å²) in [6.07, 6.45) is -0.851. The maximum atomic E-state index is 15.1. The lowest BCUT2D eigenvalue weighted by atomic mass is 9.85. The molecule has 0 bridgehead atoms. The molecule has 6 heterocycles. The summed E-state index contributed by atoms with van der Waals surface area (Å²) in [4.78, 5) is 63.8. The molecule has 0 radical (unpaired) electrons. The van der Waals surface area contributed by atoms with Crippen LogP contribution in [0.3, 0.4) is 0 Å². The number of hydrogen-bond acceptors (Lipinski definition) is 11. The highest BCUT2D eigenvalue weighted by molar-refractivity contribution is 6.03. The Kier molecular flexibility index (Phi) is 12.4. The van der Waals surface area contributed by atoms with Gasteiger partial charge in [0.25, 0.3) is 12.3 Å². The highest BCUT2D eigenvalue weighted by Crippen LogP contribution is 2.37. The first kappa shape index (κ1) is 43.6. The molecule has 8 rings (SSSR count). The number of alkyl halides is 5. The van der Waals surface area contributed by atoms with Gasteiger partial charge in [0, 0.05) is 81.4 Å². The summed E-state index contributed by atoms with van der Waals surface area (Å²) >= 11 is 0. The zero-order chi connectivity index (χ0) is 44.6. The van der Waals surface area contributed by atoms with Crippen molar-refractivity contribution in [2.45, 2.75) is 63.1 Å². The number of amides is 4. The van der Waals surface area contributed by atoms with Crippen LogP contribution in [-0.4, -0.2) is 112 Å². The van der Waals surface area contributed by atoms with Crippen LogP contribution in [0.5, 0.6) is 0 Å². The van der Waals surface area contributed by atoms with Crippen LogP contribution in [0.2, 0.25) is 0 Å². The molecule has 4 aliphatic rings. The lowest BCUT2D eigenvalue weighted by molar-refractivity contribution is -0.138. The zero-order valence-electron chi connectivity index (χ0n) is 33.6. The minimum absolute atomic E-state index is 0.00469. The van der Waals surface area contributed by atoms with Gasteiger partial charge in [0.15, 0.2) is 11.4 Å². The van der Waals surface area contributed by atoms with E-state index in [1.807, 2.05) is 4.90 Å². The Morgan fingerprint density at radius 3 is 2.35 bits per heavy atom. The van der Waals surface area contributed by atoms with E-state index in [2.05, 4.69) is 35.9 Å². The van der Waals surface area contributed by atoms with Crippen molar-refractivity contribution in [3.8, 4) is 11.5 Å². The average Bonchev–Trinajstić information content (AvgIpc) is 3.89. The van der Waals surface area contributed by atoms with E-state index >= 15 is 8.78 Å². The third-order valence-electron chi connectivity index (χ3n) is 12.1. The van der Waals surface area contributed by atoms with Crippen molar-refractivity contribution in [3.63, 3.8) is 0 Å². The summed E-state index contributed by atoms with van der Waals surface area (Å²) in [5.74, 6) is -5.06. The summed E-state index contributed by atoms with van der Waals surface area (Å²) in [7, 11) is 0. The molecule has 3 N–H and O–H groups in total. The van der Waals surface area contributed by atoms with E-state index in [0.29, 0.717) is 58.0 Å². The van der Waals surface area contributed by atoms with Crippen LogP contribution in [0.15, 0.2) is 47.3 Å². The molecule has 1 saturated carbocycles. The lowest BCUT2D eigenvalue weighted by Gasteiger charge is -2.44. The first-order valence-electron chi connectivity index (χ1n) is 20.6. The molecule has 3 saturated heterocycles. The number of rotatable bonds is 12. The molecule has 63 heavy (non-hydrogen) atoms. The number of carbonyl (C=O) groups excluding carboxylic acids is 4. The topological polar surface area (TPSA) is 171 Å². The van der Waals surface area contributed by atoms with Gasteiger partial charge in [-0.25, -0.2) is 27.5 Å². The number of benzene rings is 1. The molecular formula is C41H43F7N10O5. The SMILES string of the molecule is O=C1CC[C@H](c2c(F)cc(N3CC(C(=O)N4CCN(CC5CCC(n6cc(NC(=O)c7coc(-c8ccnc(NCC(F)(F)F)c8)n7)c(C(F)F)n6)CC5)CC4)C3)cc2F)C(=O)N1. The third kappa shape index (κ3) is 9.94. The lowest BCUT2D eigenvalue weighted by Crippen LogP contribution is -2.58. The molecule has 22 heteroatoms. The molecule has 1 aromatic carbocycles. The Morgan fingerprint density at radius 2 is 1.68 bits per heavy atom. The number of anilines is 3. The molecule has 1 atom stereocenters. The zero-order valence-corrected chi connectivity index (χ0v) is 33.6. The molecule has 0 spiro atoms. The van der Waals surface area contributed by atoms with Crippen molar-refractivity contribution in [3.05, 3.63) is 71.5 Å². The van der Waals surface area contributed by atoms with Crippen LogP contribution >= 0.6 is 0 Å². The standard InChI is InChI=1S/C41H43F7N10O5/c42-28-14-26(15-29(43)34(28)27-5-6-33(59)53-37(27)60)57-17-24(18-57)40(62)56-11-9-55(10-12-56)16-22-1-3-25(4-2-22)58-19-30(35(54-58)36(44)45)51-38(61)31-20-63-39(52-31)23-7-8-49-32(13-23)50-21-41(46,47)48/h7-8,13-15,19-20,22,24-25,27,36H,1-6,9-12,16-18,21H2,(H,49,50)(H,51,61)(H,53,59,60)/t22?,25?,27-/m1/s1. The van der Waals surface area contributed by atoms with Crippen molar-refractivity contribution in [2.75, 3.05) is 67.9 Å². The van der Waals surface area contributed by atoms with Gasteiger partial charge in [0.2, 0.25) is 23.6 Å². The van der Waals surface area contributed by atoms with Crippen LogP contribution in [0, 0.1) is 23.5 Å². The number of imide groups is 1. The first-order chi connectivity index (χ1) is 30.1. The molecule has 336 valence electrons. The second kappa shape index (κ2) is 18.0. The van der Waals surface area contributed by atoms with Gasteiger partial charge in [-0.15, -0.1) is 0 Å². The average molecular weight is 889 g/mol. The fraction of sp³-hybridized carbons (Fsp3) is 0.488. The number of carbonyl (C=O) groups is 4. The van der Waals surface area contributed by atoms with E-state index in [4.69, 9.17) is 4.42 Å². The van der Waals surface area contributed by atoms with Crippen LogP contribution in [0.25, 0.3) is 11.5 Å². The van der Waals surface area contributed by atoms with Gasteiger partial charge in [-0.1, -0.05) is 0 Å². The van der Waals surface area contributed by atoms with E-state index < -0.39 is 60.1 Å². The fourth-order valence-corrected chi connectivity index (χ4v) is 8.67. The Hall–Kier alpha value is -6.06. The molecule has 3 aromatic heterocycles. The first-order valence-corrected chi connectivity index (χ1v) is 20.6. The van der Waals surface area contributed by atoms with E-state index in [1.54, 1.807) is 4.90 Å². The van der Waals surface area contributed by atoms with Crippen LogP contribution in [0.4, 0.5) is 47.9 Å². The summed E-state index contributed by atoms with van der Waals surface area (Å²) in [5.41, 5.74) is -0.885. The Morgan fingerprint density at radius 1 is 0.968 bits per heavy atom. The van der Waals surface area contributed by atoms with Gasteiger partial charge >= 0.3 is 6.18 Å². The maximum Gasteiger partial charge on any atom is 0.405 e. The molecule has 1 aliphatic carbocycles. The summed E-state index contributed by atoms with van der Waals surface area (Å²) in [5, 5.41) is 10.8. The molecule has 4 fully saturated rings. The number of halogens is 7. The largest absolute Gasteiger partial charge is 0.444 e. The number of oxazole rings is 1. The van der Waals surface area contributed by atoms with Gasteiger partial charge in [-0.05, 0) is 62.3 Å². The maximum absolute atomic E-state index is 15.1. The summed E-state index contributed by atoms with van der Waals surface area (Å²) < 4.78 is 103. The van der Waals surface area contributed by atoms with Gasteiger partial charge < -0.3 is 24.9 Å². The Labute approximate surface area is 355 Å². The third-order valence-corrected chi connectivity index (χ3v) is 12.1. The van der Waals surface area contributed by atoms with Crippen LogP contribution < -0.4 is 20.9 Å². The van der Waals surface area contributed by atoms with E-state index in [1.165, 1.54) is 41.3 Å². The highest BCUT2D eigenvalue weighted by atomic mass is 19.4. The van der Waals surface area contributed by atoms with E-state index in [-0.39, 0.29) is 70.6 Å². The molecule has 4 amide bonds. The number of piperazine rings is 1. The van der Waals surface area contributed by atoms with Crippen molar-refractivity contribution in [1.82, 2.24) is 34.9 Å². The molecule has 15 nitrogen and oxygen atoms in total. The van der Waals surface area contributed by atoms with Crippen molar-refractivity contribution >= 4 is 40.8 Å². The van der Waals surface area contributed by atoms with Gasteiger partial charge in [-0.3, -0.25) is 34.1 Å². The number of nitrogens with zero attached hydrogens (tertiary/aromatic N) is 7. The minimum atomic E-state index is -4.47. The van der Waals surface area contributed by atoms with Crippen molar-refractivity contribution in [2.24, 2.45) is 11.8 Å². The predicted octanol–water partition coefficient (Wildman–Crippen LogP) is 5.91. The molecule has 3 aliphatic heterocycles. The van der Waals surface area contributed by atoms with E-state index in [9.17, 15) is 41.1 Å². The fourth-order valence-electron chi connectivity index (χ4n) is 8.67. The Bertz CT molecular complexity index is 2330.